The van der Waals surface area contributed by atoms with E-state index in [1.54, 1.807) is 14.2 Å². The summed E-state index contributed by atoms with van der Waals surface area (Å²) < 4.78 is 10.5. The van der Waals surface area contributed by atoms with Crippen LogP contribution in [0.4, 0.5) is 0 Å². The number of nitrogens with one attached hydrogen (secondary N) is 1. The molecule has 4 heteroatoms. The highest BCUT2D eigenvalue weighted by atomic mass is 28.4. The van der Waals surface area contributed by atoms with Gasteiger partial charge in [0, 0.05) is 19.8 Å². The van der Waals surface area contributed by atoms with E-state index in [1.807, 2.05) is 6.55 Å². The summed E-state index contributed by atoms with van der Waals surface area (Å²) in [7, 11) is 1.27. The first-order valence-corrected chi connectivity index (χ1v) is 6.04. The van der Waals surface area contributed by atoms with Crippen molar-refractivity contribution in [3.05, 3.63) is 0 Å². The molecule has 0 rings (SSSR count). The first kappa shape index (κ1) is 11.1. The number of rotatable bonds is 3. The summed E-state index contributed by atoms with van der Waals surface area (Å²) in [4.78, 5) is 3.33. The van der Waals surface area contributed by atoms with E-state index >= 15 is 0 Å². The quantitative estimate of drug-likeness (QED) is 0.658. The largest absolute Gasteiger partial charge is 0.421 e. The highest BCUT2D eigenvalue weighted by Crippen LogP contribution is 2.07. The minimum atomic E-state index is -2.08. The zero-order chi connectivity index (χ0) is 9.12. The van der Waals surface area contributed by atoms with Crippen LogP contribution in [0.1, 0.15) is 20.8 Å². The molecular formula is C7H19NO2Si. The minimum Gasteiger partial charge on any atom is -0.386 e. The Morgan fingerprint density at radius 2 is 1.45 bits per heavy atom. The van der Waals surface area contributed by atoms with Crippen molar-refractivity contribution in [1.82, 2.24) is 4.98 Å². The Labute approximate surface area is 70.4 Å². The molecule has 0 atom stereocenters. The molecule has 0 heterocycles. The lowest BCUT2D eigenvalue weighted by Gasteiger charge is -2.31. The maximum atomic E-state index is 5.27. The lowest BCUT2D eigenvalue weighted by atomic mass is 10.1. The molecule has 11 heavy (non-hydrogen) atoms. The van der Waals surface area contributed by atoms with Crippen molar-refractivity contribution < 1.29 is 8.85 Å². The maximum absolute atomic E-state index is 5.27. The Kier molecular flexibility index (Phi) is 3.70. The Morgan fingerprint density at radius 3 is 1.55 bits per heavy atom. The van der Waals surface area contributed by atoms with E-state index in [0.717, 1.165) is 0 Å². The van der Waals surface area contributed by atoms with Gasteiger partial charge in [0.25, 0.3) is 0 Å². The molecule has 0 aromatic heterocycles. The van der Waals surface area contributed by atoms with E-state index in [9.17, 15) is 0 Å². The van der Waals surface area contributed by atoms with E-state index in [0.29, 0.717) is 0 Å². The fourth-order valence-electron chi connectivity index (χ4n) is 0.867. The second kappa shape index (κ2) is 3.67. The zero-order valence-corrected chi connectivity index (χ0v) is 9.32. The van der Waals surface area contributed by atoms with Gasteiger partial charge in [-0.2, -0.15) is 0 Å². The molecule has 0 unspecified atom stereocenters. The van der Waals surface area contributed by atoms with Gasteiger partial charge in [-0.25, -0.2) is 0 Å². The van der Waals surface area contributed by atoms with Crippen LogP contribution in [0.5, 0.6) is 0 Å². The van der Waals surface area contributed by atoms with Crippen molar-refractivity contribution in [2.24, 2.45) is 0 Å². The van der Waals surface area contributed by atoms with Crippen LogP contribution in [0.3, 0.4) is 0 Å². The van der Waals surface area contributed by atoms with Crippen LogP contribution < -0.4 is 4.98 Å². The van der Waals surface area contributed by atoms with Gasteiger partial charge in [-0.1, -0.05) is 0 Å². The standard InChI is InChI=1S/C7H19NO2Si/c1-7(2,3)8-11(6,9-4)10-5/h8H,1-6H3. The molecule has 68 valence electrons. The van der Waals surface area contributed by atoms with Crippen LogP contribution in [0, 0.1) is 0 Å². The molecule has 0 bridgehead atoms. The van der Waals surface area contributed by atoms with Crippen molar-refractivity contribution in [3.8, 4) is 0 Å². The number of hydrogen-bond acceptors (Lipinski definition) is 3. The minimum absolute atomic E-state index is 0.0486. The fraction of sp³-hybridized carbons (Fsp3) is 1.00. The summed E-state index contributed by atoms with van der Waals surface area (Å²) in [5.74, 6) is 0. The van der Waals surface area contributed by atoms with Crippen molar-refractivity contribution in [1.29, 1.82) is 0 Å². The van der Waals surface area contributed by atoms with E-state index in [1.165, 1.54) is 0 Å². The van der Waals surface area contributed by atoms with Crippen molar-refractivity contribution >= 4 is 8.72 Å². The first-order valence-electron chi connectivity index (χ1n) is 3.72. The molecule has 0 fully saturated rings. The van der Waals surface area contributed by atoms with E-state index in [2.05, 4.69) is 25.8 Å². The van der Waals surface area contributed by atoms with Crippen LogP contribution >= 0.6 is 0 Å². The molecule has 0 amide bonds. The summed E-state index contributed by atoms with van der Waals surface area (Å²) in [6, 6.07) is 0. The average molecular weight is 177 g/mol. The lowest BCUT2D eigenvalue weighted by molar-refractivity contribution is 0.220. The monoisotopic (exact) mass is 177 g/mol. The third kappa shape index (κ3) is 4.52. The van der Waals surface area contributed by atoms with Crippen LogP contribution in [-0.2, 0) is 8.85 Å². The van der Waals surface area contributed by atoms with Gasteiger partial charge in [-0.05, 0) is 27.3 Å². The highest BCUT2D eigenvalue weighted by molar-refractivity contribution is 6.63. The highest BCUT2D eigenvalue weighted by Gasteiger charge is 2.33. The topological polar surface area (TPSA) is 30.5 Å². The Balaban J connectivity index is 4.08. The smallest absolute Gasteiger partial charge is 0.386 e. The molecule has 0 spiro atoms. The van der Waals surface area contributed by atoms with Crippen LogP contribution in [0.15, 0.2) is 0 Å². The molecule has 0 saturated carbocycles. The van der Waals surface area contributed by atoms with E-state index < -0.39 is 8.72 Å². The SMILES string of the molecule is CO[Si](C)(NC(C)(C)C)OC. The van der Waals surface area contributed by atoms with E-state index in [-0.39, 0.29) is 5.54 Å². The van der Waals surface area contributed by atoms with Gasteiger partial charge < -0.3 is 8.85 Å². The Bertz CT molecular complexity index is 118. The predicted octanol–water partition coefficient (Wildman–Crippen LogP) is 1.24. The molecule has 3 nitrogen and oxygen atoms in total. The predicted molar refractivity (Wildman–Crippen MR) is 48.5 cm³/mol. The van der Waals surface area contributed by atoms with Gasteiger partial charge in [-0.15, -0.1) is 0 Å². The molecule has 0 radical (unpaired) electrons. The Morgan fingerprint density at radius 1 is 1.09 bits per heavy atom. The second-order valence-corrected chi connectivity index (χ2v) is 6.69. The van der Waals surface area contributed by atoms with Gasteiger partial charge in [0.15, 0.2) is 0 Å². The summed E-state index contributed by atoms with van der Waals surface area (Å²) in [5.41, 5.74) is 0.0486. The fourth-order valence-corrected chi connectivity index (χ4v) is 2.60. The third-order valence-corrected chi connectivity index (χ3v) is 4.14. The van der Waals surface area contributed by atoms with E-state index in [4.69, 9.17) is 8.85 Å². The third-order valence-electron chi connectivity index (χ3n) is 1.38. The van der Waals surface area contributed by atoms with Gasteiger partial charge in [0.2, 0.25) is 0 Å². The summed E-state index contributed by atoms with van der Waals surface area (Å²) in [5, 5.41) is 0. The Hall–Kier alpha value is 0.0969. The molecular weight excluding hydrogens is 158 g/mol. The average Bonchev–Trinajstić information content (AvgIpc) is 1.84. The van der Waals surface area contributed by atoms with Gasteiger partial charge in [0.1, 0.15) is 0 Å². The molecule has 0 aromatic rings. The molecule has 0 aliphatic heterocycles. The summed E-state index contributed by atoms with van der Waals surface area (Å²) in [6.45, 7) is 8.26. The van der Waals surface area contributed by atoms with Crippen LogP contribution in [-0.4, -0.2) is 28.5 Å². The zero-order valence-electron chi connectivity index (χ0n) is 8.32. The molecule has 0 aromatic carbocycles. The first-order chi connectivity index (χ1) is 4.83. The van der Waals surface area contributed by atoms with Gasteiger partial charge in [0.05, 0.1) is 0 Å². The maximum Gasteiger partial charge on any atom is 0.421 e. The normalized spacial score (nSPS) is 13.6. The van der Waals surface area contributed by atoms with Crippen molar-refractivity contribution in [2.45, 2.75) is 32.9 Å². The summed E-state index contributed by atoms with van der Waals surface area (Å²) >= 11 is 0. The van der Waals surface area contributed by atoms with Crippen molar-refractivity contribution in [3.63, 3.8) is 0 Å². The van der Waals surface area contributed by atoms with Gasteiger partial charge >= 0.3 is 8.72 Å². The van der Waals surface area contributed by atoms with Crippen LogP contribution in [0.25, 0.3) is 0 Å². The molecule has 0 saturated heterocycles. The number of hydrogen-bond donors (Lipinski definition) is 1. The lowest BCUT2D eigenvalue weighted by Crippen LogP contribution is -2.59. The van der Waals surface area contributed by atoms with Crippen LogP contribution in [0.2, 0.25) is 6.55 Å². The van der Waals surface area contributed by atoms with Crippen molar-refractivity contribution in [2.75, 3.05) is 14.2 Å². The molecule has 0 aliphatic rings. The van der Waals surface area contributed by atoms with Gasteiger partial charge in [-0.3, -0.25) is 4.98 Å². The second-order valence-electron chi connectivity index (χ2n) is 3.73. The summed E-state index contributed by atoms with van der Waals surface area (Å²) in [6.07, 6.45) is 0. The molecule has 0 aliphatic carbocycles. The molecule has 1 N–H and O–H groups in total.